The predicted octanol–water partition coefficient (Wildman–Crippen LogP) is 1.44. The van der Waals surface area contributed by atoms with E-state index >= 15 is 0 Å². The summed E-state index contributed by atoms with van der Waals surface area (Å²) < 4.78 is 38.5. The molecule has 0 fully saturated rings. The standard InChI is InChI=1S/C13H23ClN2O4S/c1-15-11-13(9-12(15)10-14)21(17,18)16(6-8-20-3)5-4-7-19-2/h9,11H,4-8,10H2,1-3H3. The summed E-state index contributed by atoms with van der Waals surface area (Å²) in [7, 11) is 1.38. The highest BCUT2D eigenvalue weighted by atomic mass is 35.5. The van der Waals surface area contributed by atoms with Gasteiger partial charge >= 0.3 is 0 Å². The number of rotatable bonds is 10. The van der Waals surface area contributed by atoms with E-state index in [0.717, 1.165) is 5.69 Å². The average molecular weight is 339 g/mol. The highest BCUT2D eigenvalue weighted by Crippen LogP contribution is 2.19. The van der Waals surface area contributed by atoms with Gasteiger partial charge < -0.3 is 14.0 Å². The number of aryl methyl sites for hydroxylation is 1. The van der Waals surface area contributed by atoms with Gasteiger partial charge in [-0.2, -0.15) is 4.31 Å². The fourth-order valence-corrected chi connectivity index (χ4v) is 3.76. The number of sulfonamides is 1. The van der Waals surface area contributed by atoms with E-state index < -0.39 is 10.0 Å². The normalized spacial score (nSPS) is 12.2. The van der Waals surface area contributed by atoms with Gasteiger partial charge in [-0.1, -0.05) is 0 Å². The summed E-state index contributed by atoms with van der Waals surface area (Å²) in [5, 5.41) is 0. The maximum Gasteiger partial charge on any atom is 0.244 e. The van der Waals surface area contributed by atoms with Crippen LogP contribution in [0, 0.1) is 0 Å². The molecule has 0 saturated carbocycles. The summed E-state index contributed by atoms with van der Waals surface area (Å²) in [5.41, 5.74) is 0.763. The smallest absolute Gasteiger partial charge is 0.244 e. The predicted molar refractivity (Wildman–Crippen MR) is 82.1 cm³/mol. The molecule has 1 aromatic heterocycles. The van der Waals surface area contributed by atoms with Gasteiger partial charge in [-0.25, -0.2) is 8.42 Å². The first kappa shape index (κ1) is 18.4. The van der Waals surface area contributed by atoms with Crippen LogP contribution >= 0.6 is 11.6 Å². The Balaban J connectivity index is 2.95. The Bertz CT molecular complexity index is 530. The van der Waals surface area contributed by atoms with E-state index in [2.05, 4.69) is 0 Å². The van der Waals surface area contributed by atoms with E-state index in [-0.39, 0.29) is 10.8 Å². The Morgan fingerprint density at radius 2 is 1.90 bits per heavy atom. The largest absolute Gasteiger partial charge is 0.385 e. The number of ether oxygens (including phenoxy) is 2. The molecule has 0 aliphatic heterocycles. The van der Waals surface area contributed by atoms with E-state index in [0.29, 0.717) is 32.7 Å². The van der Waals surface area contributed by atoms with Crippen molar-refractivity contribution in [3.63, 3.8) is 0 Å². The van der Waals surface area contributed by atoms with E-state index in [1.165, 1.54) is 4.31 Å². The van der Waals surface area contributed by atoms with Crippen LogP contribution < -0.4 is 0 Å². The van der Waals surface area contributed by atoms with Crippen molar-refractivity contribution >= 4 is 21.6 Å². The number of aromatic nitrogens is 1. The van der Waals surface area contributed by atoms with Crippen LogP contribution in [0.3, 0.4) is 0 Å². The van der Waals surface area contributed by atoms with E-state index in [1.807, 2.05) is 0 Å². The van der Waals surface area contributed by atoms with Gasteiger partial charge in [0.2, 0.25) is 10.0 Å². The summed E-state index contributed by atoms with van der Waals surface area (Å²) >= 11 is 5.80. The third kappa shape index (κ3) is 4.96. The SMILES string of the molecule is COCCCN(CCOC)S(=O)(=O)c1cc(CCl)n(C)c1. The van der Waals surface area contributed by atoms with Gasteiger partial charge in [0.1, 0.15) is 4.90 Å². The Hall–Kier alpha value is -0.600. The molecule has 21 heavy (non-hydrogen) atoms. The molecule has 0 saturated heterocycles. The van der Waals surface area contributed by atoms with Crippen LogP contribution in [-0.4, -0.2) is 57.8 Å². The number of halogens is 1. The Kier molecular flexibility index (Phi) is 7.69. The molecular weight excluding hydrogens is 316 g/mol. The molecule has 0 radical (unpaired) electrons. The van der Waals surface area contributed by atoms with Gasteiger partial charge in [0.05, 0.1) is 12.5 Å². The molecule has 8 heteroatoms. The fraction of sp³-hybridized carbons (Fsp3) is 0.692. The maximum absolute atomic E-state index is 12.7. The van der Waals surface area contributed by atoms with Crippen molar-refractivity contribution < 1.29 is 17.9 Å². The maximum atomic E-state index is 12.7. The van der Waals surface area contributed by atoms with Crippen LogP contribution in [0.15, 0.2) is 17.2 Å². The van der Waals surface area contributed by atoms with Gasteiger partial charge in [0.25, 0.3) is 0 Å². The van der Waals surface area contributed by atoms with Crippen molar-refractivity contribution in [2.24, 2.45) is 7.05 Å². The topological polar surface area (TPSA) is 60.8 Å². The molecule has 0 aliphatic carbocycles. The molecular formula is C13H23ClN2O4S. The van der Waals surface area contributed by atoms with Crippen LogP contribution in [0.25, 0.3) is 0 Å². The van der Waals surface area contributed by atoms with Crippen molar-refractivity contribution in [3.05, 3.63) is 18.0 Å². The van der Waals surface area contributed by atoms with E-state index in [4.69, 9.17) is 21.1 Å². The molecule has 0 bridgehead atoms. The lowest BCUT2D eigenvalue weighted by atomic mass is 10.4. The van der Waals surface area contributed by atoms with Crippen LogP contribution in [0.1, 0.15) is 12.1 Å². The zero-order chi connectivity index (χ0) is 15.9. The van der Waals surface area contributed by atoms with Crippen molar-refractivity contribution in [1.82, 2.24) is 8.87 Å². The molecule has 122 valence electrons. The molecule has 0 spiro atoms. The molecule has 0 atom stereocenters. The summed E-state index contributed by atoms with van der Waals surface area (Å²) in [6, 6.07) is 1.61. The Morgan fingerprint density at radius 1 is 1.24 bits per heavy atom. The number of hydrogen-bond acceptors (Lipinski definition) is 4. The molecule has 0 aliphatic rings. The molecule has 0 aromatic carbocycles. The number of methoxy groups -OCH3 is 2. The first-order valence-electron chi connectivity index (χ1n) is 6.66. The minimum atomic E-state index is -3.55. The first-order valence-corrected chi connectivity index (χ1v) is 8.64. The molecule has 1 aromatic rings. The average Bonchev–Trinajstić information content (AvgIpc) is 2.84. The number of alkyl halides is 1. The second-order valence-corrected chi connectivity index (χ2v) is 6.86. The molecule has 0 amide bonds. The first-order chi connectivity index (χ1) is 9.97. The van der Waals surface area contributed by atoms with Crippen molar-refractivity contribution in [1.29, 1.82) is 0 Å². The zero-order valence-corrected chi connectivity index (χ0v) is 14.3. The van der Waals surface area contributed by atoms with E-state index in [1.54, 1.807) is 38.1 Å². The van der Waals surface area contributed by atoms with Crippen molar-refractivity contribution in [2.45, 2.75) is 17.2 Å². The summed E-state index contributed by atoms with van der Waals surface area (Å²) in [4.78, 5) is 0.258. The Morgan fingerprint density at radius 3 is 2.43 bits per heavy atom. The second-order valence-electron chi connectivity index (χ2n) is 4.65. The van der Waals surface area contributed by atoms with Crippen LogP contribution in [-0.2, 0) is 32.4 Å². The quantitative estimate of drug-likeness (QED) is 0.478. The van der Waals surface area contributed by atoms with Gasteiger partial charge in [0.15, 0.2) is 0 Å². The highest BCUT2D eigenvalue weighted by Gasteiger charge is 2.25. The lowest BCUT2D eigenvalue weighted by Crippen LogP contribution is -2.35. The van der Waals surface area contributed by atoms with Crippen molar-refractivity contribution in [3.8, 4) is 0 Å². The van der Waals surface area contributed by atoms with Gasteiger partial charge in [0, 0.05) is 52.9 Å². The Labute approximate surface area is 131 Å². The summed E-state index contributed by atoms with van der Waals surface area (Å²) in [6.07, 6.45) is 2.22. The molecule has 1 rings (SSSR count). The zero-order valence-electron chi connectivity index (χ0n) is 12.7. The molecule has 6 nitrogen and oxygen atoms in total. The highest BCUT2D eigenvalue weighted by molar-refractivity contribution is 7.89. The van der Waals surface area contributed by atoms with Crippen LogP contribution in [0.4, 0.5) is 0 Å². The third-order valence-corrected chi connectivity index (χ3v) is 5.30. The van der Waals surface area contributed by atoms with Crippen molar-refractivity contribution in [2.75, 3.05) is 40.5 Å². The summed E-state index contributed by atoms with van der Waals surface area (Å²) in [6.45, 7) is 1.57. The minimum absolute atomic E-state index is 0.258. The second kappa shape index (κ2) is 8.75. The lowest BCUT2D eigenvalue weighted by molar-refractivity contribution is 0.164. The third-order valence-electron chi connectivity index (χ3n) is 3.16. The summed E-state index contributed by atoms with van der Waals surface area (Å²) in [5.74, 6) is 0.272. The van der Waals surface area contributed by atoms with Gasteiger partial charge in [-0.3, -0.25) is 0 Å². The number of hydrogen-bond donors (Lipinski definition) is 0. The van der Waals surface area contributed by atoms with Gasteiger partial charge in [-0.05, 0) is 12.5 Å². The fourth-order valence-electron chi connectivity index (χ4n) is 1.93. The van der Waals surface area contributed by atoms with Crippen LogP contribution in [0.5, 0.6) is 0 Å². The van der Waals surface area contributed by atoms with Crippen LogP contribution in [0.2, 0.25) is 0 Å². The monoisotopic (exact) mass is 338 g/mol. The lowest BCUT2D eigenvalue weighted by Gasteiger charge is -2.21. The molecule has 0 unspecified atom stereocenters. The van der Waals surface area contributed by atoms with Gasteiger partial charge in [-0.15, -0.1) is 11.6 Å². The number of nitrogens with zero attached hydrogens (tertiary/aromatic N) is 2. The minimum Gasteiger partial charge on any atom is -0.385 e. The molecule has 1 heterocycles. The van der Waals surface area contributed by atoms with E-state index in [9.17, 15) is 8.42 Å². The molecule has 0 N–H and O–H groups in total.